The number of halogens is 2. The molecule has 2 aromatic rings. The Morgan fingerprint density at radius 1 is 1.31 bits per heavy atom. The van der Waals surface area contributed by atoms with Crippen LogP contribution in [0.1, 0.15) is 30.4 Å². The van der Waals surface area contributed by atoms with E-state index in [2.05, 4.69) is 14.4 Å². The molecule has 4 aliphatic rings. The first kappa shape index (κ1) is 26.7. The monoisotopic (exact) mass is 614 g/mol. The lowest BCUT2D eigenvalue weighted by molar-refractivity contribution is -0.134. The van der Waals surface area contributed by atoms with Gasteiger partial charge in [0, 0.05) is 30.6 Å². The first-order valence-electron chi connectivity index (χ1n) is 12.2. The van der Waals surface area contributed by atoms with Crippen LogP contribution in [0.5, 0.6) is 0 Å². The summed E-state index contributed by atoms with van der Waals surface area (Å²) >= 11 is 7.01. The molecule has 3 N–H and O–H groups in total. The number of amides is 1. The van der Waals surface area contributed by atoms with Gasteiger partial charge in [-0.2, -0.15) is 8.42 Å². The van der Waals surface area contributed by atoms with Crippen molar-refractivity contribution in [1.29, 1.82) is 0 Å². The van der Waals surface area contributed by atoms with Crippen molar-refractivity contribution < 1.29 is 31.1 Å². The van der Waals surface area contributed by atoms with Crippen molar-refractivity contribution in [2.24, 2.45) is 22.2 Å². The molecule has 39 heavy (non-hydrogen) atoms. The molecule has 4 atom stereocenters. The Morgan fingerprint density at radius 2 is 2.05 bits per heavy atom. The van der Waals surface area contributed by atoms with E-state index in [-0.39, 0.29) is 74.5 Å². The number of hydrogen-bond donors (Lipinski definition) is 3. The van der Waals surface area contributed by atoms with Crippen LogP contribution < -0.4 is 10.0 Å². The highest BCUT2D eigenvalue weighted by Gasteiger charge is 2.57. The first-order valence-corrected chi connectivity index (χ1v) is 16.8. The highest BCUT2D eigenvalue weighted by molar-refractivity contribution is 7.91. The molecule has 2 saturated carbocycles. The van der Waals surface area contributed by atoms with Crippen molar-refractivity contribution in [2.45, 2.75) is 43.3 Å². The van der Waals surface area contributed by atoms with Crippen LogP contribution in [0.15, 0.2) is 44.2 Å². The van der Waals surface area contributed by atoms with Gasteiger partial charge in [0.25, 0.3) is 15.9 Å². The molecule has 6 rings (SSSR count). The molecule has 2 bridgehead atoms. The Balaban J connectivity index is 1.39. The molecule has 0 saturated heterocycles. The van der Waals surface area contributed by atoms with Gasteiger partial charge >= 0.3 is 0 Å². The van der Waals surface area contributed by atoms with Gasteiger partial charge in [0.15, 0.2) is 5.84 Å². The molecular weight excluding hydrogens is 591 g/mol. The lowest BCUT2D eigenvalue weighted by atomic mass is 9.77. The van der Waals surface area contributed by atoms with Gasteiger partial charge < -0.3 is 15.3 Å². The summed E-state index contributed by atoms with van der Waals surface area (Å²) in [5, 5.41) is 15.9. The van der Waals surface area contributed by atoms with Crippen LogP contribution in [-0.2, 0) is 37.9 Å². The zero-order chi connectivity index (χ0) is 27.9. The Hall–Kier alpha value is -2.52. The van der Waals surface area contributed by atoms with Crippen LogP contribution in [0.25, 0.3) is 0 Å². The van der Waals surface area contributed by atoms with E-state index in [0.29, 0.717) is 5.56 Å². The summed E-state index contributed by atoms with van der Waals surface area (Å²) in [6.45, 7) is -0.143. The van der Waals surface area contributed by atoms with E-state index in [1.54, 1.807) is 11.0 Å². The summed E-state index contributed by atoms with van der Waals surface area (Å²) < 4.78 is 69.5. The standard InChI is InChI=1S/C24H24ClFN4O6S3/c1-38(33,34)27-8-14-10-37-23-21(14)39(35,36)29-22(28-23)18-20(31)17-12-3-4-13(7-12)19(17)30(24(18)32)9-11-2-5-16(26)15(25)6-11/h2,5-6,10,12-13,17,19,27,31H,3-4,7-9H2,1H3,(H,28,29)/t12-,13+,17?,19?/m1/s1. The van der Waals surface area contributed by atoms with Gasteiger partial charge in [-0.3, -0.25) is 4.79 Å². The van der Waals surface area contributed by atoms with Crippen LogP contribution in [0.3, 0.4) is 0 Å². The van der Waals surface area contributed by atoms with Gasteiger partial charge in [-0.05, 0) is 54.2 Å². The normalized spacial score (nSPS) is 27.3. The number of amidine groups is 1. The average molecular weight is 615 g/mol. The summed E-state index contributed by atoms with van der Waals surface area (Å²) in [6.07, 6.45) is 3.61. The molecular formula is C24H24ClFN4O6S3. The number of aliphatic hydroxyl groups excluding tert-OH is 1. The zero-order valence-corrected chi connectivity index (χ0v) is 23.7. The minimum atomic E-state index is -4.34. The smallest absolute Gasteiger partial charge is 0.287 e. The fourth-order valence-corrected chi connectivity index (χ4v) is 9.60. The second kappa shape index (κ2) is 9.26. The van der Waals surface area contributed by atoms with Gasteiger partial charge in [0.2, 0.25) is 10.0 Å². The third kappa shape index (κ3) is 4.55. The fraction of sp³-hybridized carbons (Fsp3) is 0.417. The number of thiophene rings is 1. The lowest BCUT2D eigenvalue weighted by Crippen LogP contribution is -2.53. The van der Waals surface area contributed by atoms with Crippen molar-refractivity contribution in [3.05, 3.63) is 56.9 Å². The number of anilines is 1. The molecule has 2 unspecified atom stereocenters. The van der Waals surface area contributed by atoms with Crippen LogP contribution in [0.2, 0.25) is 5.02 Å². The number of nitrogens with one attached hydrogen (secondary N) is 2. The molecule has 1 amide bonds. The van der Waals surface area contributed by atoms with E-state index < -0.39 is 31.8 Å². The van der Waals surface area contributed by atoms with E-state index in [0.717, 1.165) is 36.9 Å². The number of aliphatic hydroxyl groups is 1. The molecule has 15 heteroatoms. The van der Waals surface area contributed by atoms with Crippen molar-refractivity contribution in [3.63, 3.8) is 0 Å². The Morgan fingerprint density at radius 3 is 2.77 bits per heavy atom. The third-order valence-electron chi connectivity index (χ3n) is 7.90. The minimum absolute atomic E-state index is 0.0733. The maximum Gasteiger partial charge on any atom is 0.287 e. The number of carbonyl (C=O) groups is 1. The van der Waals surface area contributed by atoms with Gasteiger partial charge in [-0.1, -0.05) is 17.7 Å². The Kier molecular flexibility index (Phi) is 6.34. The highest BCUT2D eigenvalue weighted by atomic mass is 35.5. The second-order valence-electron chi connectivity index (χ2n) is 10.3. The first-order chi connectivity index (χ1) is 18.3. The fourth-order valence-electron chi connectivity index (χ4n) is 6.37. The maximum atomic E-state index is 14.0. The van der Waals surface area contributed by atoms with Crippen LogP contribution >= 0.6 is 22.9 Å². The van der Waals surface area contributed by atoms with Crippen molar-refractivity contribution in [2.75, 3.05) is 11.6 Å². The number of fused-ring (bicyclic) bond motifs is 6. The largest absolute Gasteiger partial charge is 0.511 e. The number of sulfonamides is 2. The number of rotatable bonds is 6. The zero-order valence-electron chi connectivity index (χ0n) is 20.5. The molecule has 3 heterocycles. The number of benzene rings is 1. The summed E-state index contributed by atoms with van der Waals surface area (Å²) in [4.78, 5) is 15.4. The molecule has 208 valence electrons. The van der Waals surface area contributed by atoms with Crippen molar-refractivity contribution >= 4 is 59.7 Å². The van der Waals surface area contributed by atoms with E-state index >= 15 is 0 Å². The third-order valence-corrected chi connectivity index (χ3v) is 11.3. The molecule has 2 aliphatic carbocycles. The molecule has 1 aromatic carbocycles. The number of hydrogen-bond acceptors (Lipinski definition) is 8. The second-order valence-corrected chi connectivity index (χ2v) is 15.0. The molecule has 0 spiro atoms. The Labute approximate surface area is 233 Å². The molecule has 10 nitrogen and oxygen atoms in total. The highest BCUT2D eigenvalue weighted by Crippen LogP contribution is 2.55. The van der Waals surface area contributed by atoms with Crippen molar-refractivity contribution in [1.82, 2.24) is 9.62 Å². The number of nitrogens with zero attached hydrogens (tertiary/aromatic N) is 2. The summed E-state index contributed by atoms with van der Waals surface area (Å²) in [6, 6.07) is 3.94. The quantitative estimate of drug-likeness (QED) is 0.452. The molecule has 2 fully saturated rings. The van der Waals surface area contributed by atoms with E-state index in [1.807, 2.05) is 0 Å². The number of carbonyl (C=O) groups excluding carboxylic acids is 1. The predicted octanol–water partition coefficient (Wildman–Crippen LogP) is 3.37. The lowest BCUT2D eigenvalue weighted by Gasteiger charge is -2.44. The maximum absolute atomic E-state index is 14.0. The van der Waals surface area contributed by atoms with E-state index in [4.69, 9.17) is 11.6 Å². The molecule has 1 aromatic heterocycles. The Bertz CT molecular complexity index is 1690. The summed E-state index contributed by atoms with van der Waals surface area (Å²) in [5.41, 5.74) is 0.606. The van der Waals surface area contributed by atoms with Crippen LogP contribution in [0, 0.1) is 23.6 Å². The topological polar surface area (TPSA) is 145 Å². The van der Waals surface area contributed by atoms with Gasteiger partial charge in [0.05, 0.1) is 11.3 Å². The van der Waals surface area contributed by atoms with Crippen molar-refractivity contribution in [3.8, 4) is 0 Å². The average Bonchev–Trinajstić information content (AvgIpc) is 3.57. The van der Waals surface area contributed by atoms with Gasteiger partial charge in [0.1, 0.15) is 27.0 Å². The summed E-state index contributed by atoms with van der Waals surface area (Å²) in [7, 11) is -7.91. The van der Waals surface area contributed by atoms with Gasteiger partial charge in [-0.15, -0.1) is 15.7 Å². The molecule has 2 aliphatic heterocycles. The predicted molar refractivity (Wildman–Crippen MR) is 144 cm³/mol. The van der Waals surface area contributed by atoms with Gasteiger partial charge in [-0.25, -0.2) is 17.5 Å². The van der Waals surface area contributed by atoms with E-state index in [9.17, 15) is 31.1 Å². The van der Waals surface area contributed by atoms with Crippen LogP contribution in [0.4, 0.5) is 9.39 Å². The minimum Gasteiger partial charge on any atom is -0.511 e. The summed E-state index contributed by atoms with van der Waals surface area (Å²) in [5.74, 6) is -1.67. The molecule has 0 radical (unpaired) electrons. The van der Waals surface area contributed by atoms with E-state index in [1.165, 1.54) is 17.5 Å². The van der Waals surface area contributed by atoms with Crippen LogP contribution in [-0.4, -0.2) is 50.9 Å². The SMILES string of the molecule is CS(=O)(=O)NCc1csc2c1S(=O)(=O)N=C(C1=C(O)C3C([C@H]4CC[C@@H]3C4)N(Cc3ccc(F)c(Cl)c3)C1=O)N2.